The fourth-order valence-electron chi connectivity index (χ4n) is 2.41. The fraction of sp³-hybridized carbons (Fsp3) is 0.529. The van der Waals surface area contributed by atoms with E-state index in [9.17, 15) is 14.7 Å². The van der Waals surface area contributed by atoms with Crippen molar-refractivity contribution in [2.24, 2.45) is 0 Å². The third-order valence-electron chi connectivity index (χ3n) is 3.40. The smallest absolute Gasteiger partial charge is 0.410 e. The van der Waals surface area contributed by atoms with Gasteiger partial charge in [0.2, 0.25) is 0 Å². The maximum absolute atomic E-state index is 12.2. The maximum Gasteiger partial charge on any atom is 0.410 e. The molecule has 23 heavy (non-hydrogen) atoms. The number of likely N-dealkylation sites (tertiary alicyclic amines) is 1. The molecule has 126 valence electrons. The molecule has 6 nitrogen and oxygen atoms in total. The van der Waals surface area contributed by atoms with Crippen LogP contribution >= 0.6 is 0 Å². The summed E-state index contributed by atoms with van der Waals surface area (Å²) in [6, 6.07) is 8.46. The zero-order valence-electron chi connectivity index (χ0n) is 13.7. The lowest BCUT2D eigenvalue weighted by Crippen LogP contribution is -2.43. The summed E-state index contributed by atoms with van der Waals surface area (Å²) in [7, 11) is 0. The minimum absolute atomic E-state index is 0.0670. The first-order valence-corrected chi connectivity index (χ1v) is 7.64. The number of β-amino-alcohol motifs (C(OH)–C–C–N with tert-alkyl or cyclic N) is 1. The molecule has 1 amide bonds. The molecule has 0 bridgehead atoms. The molecule has 1 saturated heterocycles. The number of benzene rings is 1. The molecule has 1 heterocycles. The van der Waals surface area contributed by atoms with Crippen LogP contribution < -0.4 is 0 Å². The van der Waals surface area contributed by atoms with Gasteiger partial charge in [0.25, 0.3) is 0 Å². The number of hydrogen-bond acceptors (Lipinski definition) is 5. The van der Waals surface area contributed by atoms with Gasteiger partial charge in [-0.2, -0.15) is 0 Å². The molecule has 1 fully saturated rings. The lowest BCUT2D eigenvalue weighted by molar-refractivity contribution is -0.159. The minimum Gasteiger partial charge on any atom is -0.458 e. The van der Waals surface area contributed by atoms with Crippen LogP contribution in [0.4, 0.5) is 4.79 Å². The van der Waals surface area contributed by atoms with Crippen LogP contribution in [-0.2, 0) is 20.9 Å². The predicted molar refractivity (Wildman–Crippen MR) is 83.6 cm³/mol. The van der Waals surface area contributed by atoms with Crippen molar-refractivity contribution < 1.29 is 24.2 Å². The van der Waals surface area contributed by atoms with Crippen molar-refractivity contribution in [2.45, 2.75) is 51.5 Å². The van der Waals surface area contributed by atoms with Gasteiger partial charge < -0.3 is 14.6 Å². The number of aliphatic hydroxyl groups is 1. The van der Waals surface area contributed by atoms with Crippen molar-refractivity contribution in [1.82, 2.24) is 4.90 Å². The molecule has 1 aromatic carbocycles. The van der Waals surface area contributed by atoms with Crippen LogP contribution in [0, 0.1) is 0 Å². The Morgan fingerprint density at radius 3 is 2.52 bits per heavy atom. The summed E-state index contributed by atoms with van der Waals surface area (Å²) in [5, 5.41) is 9.79. The quantitative estimate of drug-likeness (QED) is 0.863. The number of aliphatic hydroxyl groups excluding tert-OH is 1. The van der Waals surface area contributed by atoms with Gasteiger partial charge in [0.1, 0.15) is 18.2 Å². The number of carbonyl (C=O) groups excluding carboxylic acids is 2. The van der Waals surface area contributed by atoms with Crippen molar-refractivity contribution in [3.8, 4) is 0 Å². The summed E-state index contributed by atoms with van der Waals surface area (Å²) < 4.78 is 10.6. The van der Waals surface area contributed by atoms with E-state index >= 15 is 0 Å². The maximum atomic E-state index is 12.2. The Kier molecular flexibility index (Phi) is 5.26. The van der Waals surface area contributed by atoms with Crippen LogP contribution in [0.1, 0.15) is 32.8 Å². The Balaban J connectivity index is 1.98. The molecule has 2 atom stereocenters. The van der Waals surface area contributed by atoms with E-state index in [2.05, 4.69) is 0 Å². The Hall–Kier alpha value is -2.08. The third-order valence-corrected chi connectivity index (χ3v) is 3.40. The van der Waals surface area contributed by atoms with Gasteiger partial charge in [-0.3, -0.25) is 4.90 Å². The first-order valence-electron chi connectivity index (χ1n) is 7.64. The lowest BCUT2D eigenvalue weighted by Gasteiger charge is -2.26. The number of carbonyl (C=O) groups is 2. The highest BCUT2D eigenvalue weighted by Crippen LogP contribution is 2.22. The molecule has 1 aliphatic heterocycles. The first-order chi connectivity index (χ1) is 10.8. The number of nitrogens with zero attached hydrogens (tertiary/aromatic N) is 1. The fourth-order valence-corrected chi connectivity index (χ4v) is 2.41. The van der Waals surface area contributed by atoms with Gasteiger partial charge >= 0.3 is 12.1 Å². The number of hydrogen-bond donors (Lipinski definition) is 1. The second-order valence-electron chi connectivity index (χ2n) is 6.63. The molecule has 1 N–H and O–H groups in total. The van der Waals surface area contributed by atoms with Crippen molar-refractivity contribution in [3.63, 3.8) is 0 Å². The Labute approximate surface area is 136 Å². The van der Waals surface area contributed by atoms with Crippen LogP contribution in [0.3, 0.4) is 0 Å². The van der Waals surface area contributed by atoms with Crippen molar-refractivity contribution in [1.29, 1.82) is 0 Å². The summed E-state index contributed by atoms with van der Waals surface area (Å²) in [4.78, 5) is 25.7. The van der Waals surface area contributed by atoms with Crippen LogP contribution in [0.5, 0.6) is 0 Å². The summed E-state index contributed by atoms with van der Waals surface area (Å²) in [5.74, 6) is -0.522. The van der Waals surface area contributed by atoms with Gasteiger partial charge in [0.15, 0.2) is 0 Å². The van der Waals surface area contributed by atoms with Crippen LogP contribution in [-0.4, -0.2) is 46.4 Å². The highest BCUT2D eigenvalue weighted by Gasteiger charge is 2.41. The average molecular weight is 321 g/mol. The Bertz CT molecular complexity index is 552. The highest BCUT2D eigenvalue weighted by molar-refractivity contribution is 5.82. The zero-order chi connectivity index (χ0) is 17.0. The van der Waals surface area contributed by atoms with E-state index in [1.807, 2.05) is 30.3 Å². The monoisotopic (exact) mass is 321 g/mol. The third kappa shape index (κ3) is 4.96. The molecular formula is C17H23NO5. The summed E-state index contributed by atoms with van der Waals surface area (Å²) in [6.45, 7) is 5.46. The molecular weight excluding hydrogens is 298 g/mol. The molecule has 0 aromatic heterocycles. The topological polar surface area (TPSA) is 76.1 Å². The van der Waals surface area contributed by atoms with Crippen LogP contribution in [0.25, 0.3) is 0 Å². The van der Waals surface area contributed by atoms with Gasteiger partial charge in [-0.25, -0.2) is 9.59 Å². The van der Waals surface area contributed by atoms with Gasteiger partial charge in [0, 0.05) is 6.42 Å². The summed E-state index contributed by atoms with van der Waals surface area (Å²) in [6.07, 6.45) is -1.21. The Morgan fingerprint density at radius 2 is 1.91 bits per heavy atom. The molecule has 1 aliphatic rings. The number of amides is 1. The molecule has 1 aromatic rings. The average Bonchev–Trinajstić information content (AvgIpc) is 2.86. The number of ether oxygens (including phenoxy) is 2. The van der Waals surface area contributed by atoms with E-state index in [1.54, 1.807) is 20.8 Å². The minimum atomic E-state index is -0.813. The number of rotatable bonds is 3. The second-order valence-corrected chi connectivity index (χ2v) is 6.63. The van der Waals surface area contributed by atoms with Crippen molar-refractivity contribution in [3.05, 3.63) is 35.9 Å². The first kappa shape index (κ1) is 17.3. The second kappa shape index (κ2) is 7.00. The van der Waals surface area contributed by atoms with Gasteiger partial charge in [-0.15, -0.1) is 0 Å². The highest BCUT2D eigenvalue weighted by atomic mass is 16.6. The van der Waals surface area contributed by atoms with Crippen LogP contribution in [0.15, 0.2) is 30.3 Å². The molecule has 6 heteroatoms. The van der Waals surface area contributed by atoms with Crippen molar-refractivity contribution >= 4 is 12.1 Å². The van der Waals surface area contributed by atoms with Gasteiger partial charge in [0.05, 0.1) is 12.6 Å². The van der Waals surface area contributed by atoms with Crippen LogP contribution in [0.2, 0.25) is 0 Å². The van der Waals surface area contributed by atoms with Gasteiger partial charge in [-0.05, 0) is 26.3 Å². The zero-order valence-corrected chi connectivity index (χ0v) is 13.7. The molecule has 0 spiro atoms. The largest absolute Gasteiger partial charge is 0.458 e. The molecule has 1 unspecified atom stereocenters. The lowest BCUT2D eigenvalue weighted by atomic mass is 10.1. The predicted octanol–water partition coefficient (Wildman–Crippen LogP) is 2.10. The number of esters is 1. The van der Waals surface area contributed by atoms with E-state index in [4.69, 9.17) is 9.47 Å². The standard InChI is InChI=1S/C17H23NO5/c1-17(2,3)23-15(20)14-9-13(19)10-18(14)16(21)22-11-12-7-5-4-6-8-12/h4-8,13-14,19H,9-11H2,1-3H3/t13-,14?/m0/s1. The molecule has 0 radical (unpaired) electrons. The van der Waals surface area contributed by atoms with E-state index in [0.717, 1.165) is 5.56 Å². The van der Waals surface area contributed by atoms with E-state index < -0.39 is 29.8 Å². The van der Waals surface area contributed by atoms with E-state index in [0.29, 0.717) is 0 Å². The van der Waals surface area contributed by atoms with E-state index in [1.165, 1.54) is 4.90 Å². The molecule has 0 saturated carbocycles. The van der Waals surface area contributed by atoms with Gasteiger partial charge in [-0.1, -0.05) is 30.3 Å². The van der Waals surface area contributed by atoms with E-state index in [-0.39, 0.29) is 19.6 Å². The summed E-state index contributed by atoms with van der Waals surface area (Å²) in [5.41, 5.74) is 0.207. The normalized spacial score (nSPS) is 21.1. The van der Waals surface area contributed by atoms with Crippen molar-refractivity contribution in [2.75, 3.05) is 6.54 Å². The summed E-state index contributed by atoms with van der Waals surface area (Å²) >= 11 is 0. The molecule has 2 rings (SSSR count). The SMILES string of the molecule is CC(C)(C)OC(=O)C1C[C@H](O)CN1C(=O)OCc1ccccc1. The molecule has 0 aliphatic carbocycles. The Morgan fingerprint density at radius 1 is 1.26 bits per heavy atom.